The van der Waals surface area contributed by atoms with Gasteiger partial charge in [-0.15, -0.1) is 0 Å². The van der Waals surface area contributed by atoms with Crippen LogP contribution < -0.4 is 10.1 Å². The zero-order valence-corrected chi connectivity index (χ0v) is 14.6. The molecule has 0 atom stereocenters. The molecule has 1 fully saturated rings. The Bertz CT molecular complexity index is 564. The Hall–Kier alpha value is -2.04. The van der Waals surface area contributed by atoms with Crippen molar-refractivity contribution in [2.45, 2.75) is 57.4 Å². The summed E-state index contributed by atoms with van der Waals surface area (Å²) in [5.41, 5.74) is 0.309. The van der Waals surface area contributed by atoms with Crippen LogP contribution in [0.5, 0.6) is 5.75 Å². The molecule has 2 rings (SSSR count). The fourth-order valence-electron chi connectivity index (χ4n) is 3.19. The standard InChI is InChI=1S/C19H27NO4/c1-15-8-6-9-16(14-15)24-13-7-10-17(21)20-19(18(22)23-2)11-4-3-5-12-19/h6,8-9,14H,3-5,7,10-13H2,1-2H3,(H,20,21). The molecule has 0 radical (unpaired) electrons. The highest BCUT2D eigenvalue weighted by molar-refractivity contribution is 5.88. The van der Waals surface area contributed by atoms with Crippen molar-refractivity contribution in [2.24, 2.45) is 0 Å². The molecule has 0 unspecified atom stereocenters. The summed E-state index contributed by atoms with van der Waals surface area (Å²) in [6.45, 7) is 2.48. The Balaban J connectivity index is 1.78. The minimum Gasteiger partial charge on any atom is -0.494 e. The van der Waals surface area contributed by atoms with Crippen molar-refractivity contribution >= 4 is 11.9 Å². The predicted molar refractivity (Wildman–Crippen MR) is 91.9 cm³/mol. The number of methoxy groups -OCH3 is 1. The molecule has 1 saturated carbocycles. The van der Waals surface area contributed by atoms with E-state index in [1.807, 2.05) is 31.2 Å². The van der Waals surface area contributed by atoms with E-state index in [2.05, 4.69) is 5.32 Å². The minimum atomic E-state index is -0.832. The lowest BCUT2D eigenvalue weighted by molar-refractivity contribution is -0.152. The predicted octanol–water partition coefficient (Wildman–Crippen LogP) is 3.15. The first kappa shape index (κ1) is 18.3. The van der Waals surface area contributed by atoms with E-state index in [1.165, 1.54) is 7.11 Å². The molecule has 1 aromatic rings. The van der Waals surface area contributed by atoms with Crippen molar-refractivity contribution in [3.63, 3.8) is 0 Å². The molecule has 24 heavy (non-hydrogen) atoms. The number of nitrogens with one attached hydrogen (secondary N) is 1. The largest absolute Gasteiger partial charge is 0.494 e. The number of esters is 1. The van der Waals surface area contributed by atoms with Gasteiger partial charge in [-0.25, -0.2) is 4.79 Å². The Kier molecular flexibility index (Phi) is 6.64. The zero-order valence-electron chi connectivity index (χ0n) is 14.6. The number of carbonyl (C=O) groups is 2. The second-order valence-electron chi connectivity index (χ2n) is 6.45. The number of rotatable bonds is 7. The molecule has 5 heteroatoms. The monoisotopic (exact) mass is 333 g/mol. The van der Waals surface area contributed by atoms with Crippen molar-refractivity contribution in [1.82, 2.24) is 5.32 Å². The topological polar surface area (TPSA) is 64.6 Å². The number of ether oxygens (including phenoxy) is 2. The normalized spacial score (nSPS) is 16.2. The highest BCUT2D eigenvalue weighted by atomic mass is 16.5. The summed E-state index contributed by atoms with van der Waals surface area (Å²) in [5, 5.41) is 2.92. The van der Waals surface area contributed by atoms with E-state index < -0.39 is 5.54 Å². The van der Waals surface area contributed by atoms with E-state index in [4.69, 9.17) is 9.47 Å². The van der Waals surface area contributed by atoms with Gasteiger partial charge >= 0.3 is 5.97 Å². The SMILES string of the molecule is COC(=O)C1(NC(=O)CCCOc2cccc(C)c2)CCCCC1. The highest BCUT2D eigenvalue weighted by Crippen LogP contribution is 2.29. The molecule has 5 nitrogen and oxygen atoms in total. The molecule has 0 aliphatic heterocycles. The number of hydrogen-bond donors (Lipinski definition) is 1. The van der Waals surface area contributed by atoms with E-state index in [1.54, 1.807) is 0 Å². The van der Waals surface area contributed by atoms with Crippen LogP contribution in [0.4, 0.5) is 0 Å². The van der Waals surface area contributed by atoms with Gasteiger partial charge in [0.1, 0.15) is 11.3 Å². The number of hydrogen-bond acceptors (Lipinski definition) is 4. The van der Waals surface area contributed by atoms with Crippen LogP contribution in [0.3, 0.4) is 0 Å². The molecule has 1 aromatic carbocycles. The van der Waals surface area contributed by atoms with Crippen LogP contribution in [-0.4, -0.2) is 31.1 Å². The van der Waals surface area contributed by atoms with Gasteiger partial charge in [-0.05, 0) is 43.9 Å². The lowest BCUT2D eigenvalue weighted by Gasteiger charge is -2.35. The van der Waals surface area contributed by atoms with Gasteiger partial charge in [-0.2, -0.15) is 0 Å². The van der Waals surface area contributed by atoms with Gasteiger partial charge in [-0.3, -0.25) is 4.79 Å². The molecule has 0 bridgehead atoms. The molecule has 1 aliphatic carbocycles. The molecule has 1 amide bonds. The quantitative estimate of drug-likeness (QED) is 0.615. The van der Waals surface area contributed by atoms with E-state index in [0.29, 0.717) is 32.3 Å². The summed E-state index contributed by atoms with van der Waals surface area (Å²) < 4.78 is 10.6. The molecule has 0 aromatic heterocycles. The molecular weight excluding hydrogens is 306 g/mol. The Morgan fingerprint density at radius 2 is 1.96 bits per heavy atom. The van der Waals surface area contributed by atoms with Gasteiger partial charge < -0.3 is 14.8 Å². The van der Waals surface area contributed by atoms with E-state index in [0.717, 1.165) is 30.6 Å². The van der Waals surface area contributed by atoms with Crippen LogP contribution in [0, 0.1) is 6.92 Å². The third-order valence-corrected chi connectivity index (χ3v) is 4.47. The molecular formula is C19H27NO4. The maximum absolute atomic E-state index is 12.2. The van der Waals surface area contributed by atoms with Crippen molar-refractivity contribution < 1.29 is 19.1 Å². The molecule has 1 aliphatic rings. The fourth-order valence-corrected chi connectivity index (χ4v) is 3.19. The van der Waals surface area contributed by atoms with Gasteiger partial charge in [0.15, 0.2) is 0 Å². The van der Waals surface area contributed by atoms with Gasteiger partial charge in [0, 0.05) is 6.42 Å². The molecule has 132 valence electrons. The summed E-state index contributed by atoms with van der Waals surface area (Å²) >= 11 is 0. The average Bonchev–Trinajstić information content (AvgIpc) is 2.59. The van der Waals surface area contributed by atoms with Gasteiger partial charge in [-0.1, -0.05) is 31.4 Å². The van der Waals surface area contributed by atoms with Crippen LogP contribution in [0.2, 0.25) is 0 Å². The molecule has 0 saturated heterocycles. The van der Waals surface area contributed by atoms with E-state index >= 15 is 0 Å². The van der Waals surface area contributed by atoms with Gasteiger partial charge in [0.25, 0.3) is 0 Å². The number of benzene rings is 1. The van der Waals surface area contributed by atoms with Crippen molar-refractivity contribution in [3.05, 3.63) is 29.8 Å². The number of aryl methyl sites for hydroxylation is 1. The van der Waals surface area contributed by atoms with Crippen molar-refractivity contribution in [1.29, 1.82) is 0 Å². The van der Waals surface area contributed by atoms with Crippen LogP contribution >= 0.6 is 0 Å². The average molecular weight is 333 g/mol. The van der Waals surface area contributed by atoms with Crippen molar-refractivity contribution in [2.75, 3.05) is 13.7 Å². The summed E-state index contributed by atoms with van der Waals surface area (Å²) in [5.74, 6) is 0.371. The third kappa shape index (κ3) is 4.98. The fraction of sp³-hybridized carbons (Fsp3) is 0.579. The smallest absolute Gasteiger partial charge is 0.331 e. The minimum absolute atomic E-state index is 0.116. The van der Waals surface area contributed by atoms with E-state index in [-0.39, 0.29) is 11.9 Å². The Labute approximate surface area is 143 Å². The van der Waals surface area contributed by atoms with E-state index in [9.17, 15) is 9.59 Å². The van der Waals surface area contributed by atoms with Crippen LogP contribution in [0.25, 0.3) is 0 Å². The van der Waals surface area contributed by atoms with Crippen LogP contribution in [0.15, 0.2) is 24.3 Å². The van der Waals surface area contributed by atoms with Crippen molar-refractivity contribution in [3.8, 4) is 5.75 Å². The highest BCUT2D eigenvalue weighted by Gasteiger charge is 2.41. The lowest BCUT2D eigenvalue weighted by Crippen LogP contribution is -2.56. The Morgan fingerprint density at radius 1 is 1.21 bits per heavy atom. The maximum atomic E-state index is 12.2. The maximum Gasteiger partial charge on any atom is 0.331 e. The molecule has 0 heterocycles. The van der Waals surface area contributed by atoms with Gasteiger partial charge in [0.05, 0.1) is 13.7 Å². The zero-order chi connectivity index (χ0) is 17.4. The molecule has 1 N–H and O–H groups in total. The van der Waals surface area contributed by atoms with Crippen LogP contribution in [0.1, 0.15) is 50.5 Å². The van der Waals surface area contributed by atoms with Gasteiger partial charge in [0.2, 0.25) is 5.91 Å². The third-order valence-electron chi connectivity index (χ3n) is 4.47. The first-order valence-electron chi connectivity index (χ1n) is 8.65. The summed E-state index contributed by atoms with van der Waals surface area (Å²) in [7, 11) is 1.38. The Morgan fingerprint density at radius 3 is 2.62 bits per heavy atom. The molecule has 0 spiro atoms. The number of carbonyl (C=O) groups excluding carboxylic acids is 2. The summed E-state index contributed by atoms with van der Waals surface area (Å²) in [6.07, 6.45) is 5.23. The first-order chi connectivity index (χ1) is 11.6. The van der Waals surface area contributed by atoms with Crippen LogP contribution in [-0.2, 0) is 14.3 Å². The summed E-state index contributed by atoms with van der Waals surface area (Å²) in [6, 6.07) is 7.83. The second-order valence-corrected chi connectivity index (χ2v) is 6.45. The lowest BCUT2D eigenvalue weighted by atomic mass is 9.81. The summed E-state index contributed by atoms with van der Waals surface area (Å²) in [4.78, 5) is 24.3. The first-order valence-corrected chi connectivity index (χ1v) is 8.65. The second kappa shape index (κ2) is 8.71. The number of amides is 1.